The molecule has 1 aromatic heterocycles. The van der Waals surface area contributed by atoms with E-state index in [2.05, 4.69) is 15.0 Å². The number of pyridine rings is 1. The van der Waals surface area contributed by atoms with Crippen molar-refractivity contribution in [1.29, 1.82) is 0 Å². The summed E-state index contributed by atoms with van der Waals surface area (Å²) >= 11 is 0. The van der Waals surface area contributed by atoms with Gasteiger partial charge in [-0.3, -0.25) is 0 Å². The second-order valence-electron chi connectivity index (χ2n) is 4.45. The standard InChI is InChI=1S/C13H18N2O5/c1-7(2)10(12(16)17)14-9-6-5-8(13(18)20-4)11(15-9)19-3/h5-7,10H,1-4H3,(H,14,15)(H,16,17)/t10-/m1/s1. The largest absolute Gasteiger partial charge is 0.480 e. The molecule has 0 aliphatic rings. The molecule has 7 heteroatoms. The smallest absolute Gasteiger partial charge is 0.343 e. The number of methoxy groups -OCH3 is 2. The van der Waals surface area contributed by atoms with E-state index in [0.717, 1.165) is 0 Å². The van der Waals surface area contributed by atoms with E-state index in [1.54, 1.807) is 13.8 Å². The highest BCUT2D eigenvalue weighted by Gasteiger charge is 2.22. The van der Waals surface area contributed by atoms with E-state index in [4.69, 9.17) is 9.84 Å². The van der Waals surface area contributed by atoms with Gasteiger partial charge in [-0.2, -0.15) is 4.98 Å². The maximum atomic E-state index is 11.5. The van der Waals surface area contributed by atoms with Crippen LogP contribution in [-0.4, -0.2) is 42.3 Å². The lowest BCUT2D eigenvalue weighted by molar-refractivity contribution is -0.138. The molecular formula is C13H18N2O5. The number of nitrogens with one attached hydrogen (secondary N) is 1. The van der Waals surface area contributed by atoms with Crippen molar-refractivity contribution < 1.29 is 24.2 Å². The Balaban J connectivity index is 3.04. The van der Waals surface area contributed by atoms with E-state index in [-0.39, 0.29) is 17.4 Å². The number of carboxylic acid groups (broad SMARTS) is 1. The van der Waals surface area contributed by atoms with Gasteiger partial charge >= 0.3 is 11.9 Å². The summed E-state index contributed by atoms with van der Waals surface area (Å²) in [5.41, 5.74) is 0.178. The molecule has 0 aromatic carbocycles. The van der Waals surface area contributed by atoms with Crippen LogP contribution in [0.1, 0.15) is 24.2 Å². The quantitative estimate of drug-likeness (QED) is 0.761. The number of hydrogen-bond acceptors (Lipinski definition) is 6. The summed E-state index contributed by atoms with van der Waals surface area (Å²) in [6, 6.07) is 2.20. The normalized spacial score (nSPS) is 11.8. The number of rotatable bonds is 6. The Labute approximate surface area is 116 Å². The second-order valence-corrected chi connectivity index (χ2v) is 4.45. The van der Waals surface area contributed by atoms with Gasteiger partial charge in [0.2, 0.25) is 5.88 Å². The number of hydrogen-bond donors (Lipinski definition) is 2. The third-order valence-corrected chi connectivity index (χ3v) is 2.70. The molecule has 0 aliphatic heterocycles. The fourth-order valence-corrected chi connectivity index (χ4v) is 1.61. The summed E-state index contributed by atoms with van der Waals surface area (Å²) in [5.74, 6) is -1.27. The Morgan fingerprint density at radius 1 is 1.30 bits per heavy atom. The zero-order chi connectivity index (χ0) is 15.3. The monoisotopic (exact) mass is 282 g/mol. The van der Waals surface area contributed by atoms with E-state index in [1.807, 2.05) is 0 Å². The van der Waals surface area contributed by atoms with Gasteiger partial charge in [-0.25, -0.2) is 9.59 Å². The molecule has 0 unspecified atom stereocenters. The van der Waals surface area contributed by atoms with Crippen molar-refractivity contribution in [2.75, 3.05) is 19.5 Å². The molecule has 20 heavy (non-hydrogen) atoms. The molecule has 1 atom stereocenters. The van der Waals surface area contributed by atoms with Crippen LogP contribution in [0.2, 0.25) is 0 Å². The fourth-order valence-electron chi connectivity index (χ4n) is 1.61. The van der Waals surface area contributed by atoms with Crippen LogP contribution in [0.4, 0.5) is 5.82 Å². The number of ether oxygens (including phenoxy) is 2. The van der Waals surface area contributed by atoms with Crippen molar-refractivity contribution in [1.82, 2.24) is 4.98 Å². The van der Waals surface area contributed by atoms with Crippen LogP contribution in [0.5, 0.6) is 5.88 Å². The SMILES string of the molecule is COC(=O)c1ccc(N[C@@H](C(=O)O)C(C)C)nc1OC. The molecule has 0 saturated carbocycles. The molecule has 0 saturated heterocycles. The minimum Gasteiger partial charge on any atom is -0.480 e. The first-order chi connectivity index (χ1) is 9.40. The number of anilines is 1. The van der Waals surface area contributed by atoms with Gasteiger partial charge in [-0.05, 0) is 18.1 Å². The van der Waals surface area contributed by atoms with Gasteiger partial charge in [-0.15, -0.1) is 0 Å². The first-order valence-corrected chi connectivity index (χ1v) is 6.03. The van der Waals surface area contributed by atoms with Gasteiger partial charge in [-0.1, -0.05) is 13.8 Å². The first kappa shape index (κ1) is 15.7. The summed E-state index contributed by atoms with van der Waals surface area (Å²) in [6.45, 7) is 3.57. The molecule has 7 nitrogen and oxygen atoms in total. The zero-order valence-electron chi connectivity index (χ0n) is 11.8. The summed E-state index contributed by atoms with van der Waals surface area (Å²) < 4.78 is 9.61. The summed E-state index contributed by atoms with van der Waals surface area (Å²) in [7, 11) is 2.63. The van der Waals surface area contributed by atoms with Gasteiger partial charge < -0.3 is 19.9 Å². The zero-order valence-corrected chi connectivity index (χ0v) is 11.8. The molecular weight excluding hydrogens is 264 g/mol. The minimum absolute atomic E-state index is 0.0785. The highest BCUT2D eigenvalue weighted by Crippen LogP contribution is 2.20. The summed E-state index contributed by atoms with van der Waals surface area (Å²) in [4.78, 5) is 26.7. The van der Waals surface area contributed by atoms with E-state index in [0.29, 0.717) is 5.82 Å². The van der Waals surface area contributed by atoms with Crippen LogP contribution in [0.15, 0.2) is 12.1 Å². The Kier molecular flexibility index (Phi) is 5.31. The molecule has 0 spiro atoms. The molecule has 0 amide bonds. The lowest BCUT2D eigenvalue weighted by Crippen LogP contribution is -2.34. The average molecular weight is 282 g/mol. The van der Waals surface area contributed by atoms with E-state index in [1.165, 1.54) is 26.4 Å². The Hall–Kier alpha value is -2.31. The van der Waals surface area contributed by atoms with Crippen molar-refractivity contribution in [2.45, 2.75) is 19.9 Å². The number of esters is 1. The van der Waals surface area contributed by atoms with Gasteiger partial charge in [0.25, 0.3) is 0 Å². The Morgan fingerprint density at radius 2 is 1.95 bits per heavy atom. The molecule has 0 aliphatic carbocycles. The third-order valence-electron chi connectivity index (χ3n) is 2.70. The van der Waals surface area contributed by atoms with Crippen LogP contribution in [0, 0.1) is 5.92 Å². The molecule has 1 aromatic rings. The maximum absolute atomic E-state index is 11.5. The summed E-state index contributed by atoms with van der Waals surface area (Å²) in [5, 5.41) is 11.9. The number of nitrogens with zero attached hydrogens (tertiary/aromatic N) is 1. The van der Waals surface area contributed by atoms with E-state index < -0.39 is 18.0 Å². The van der Waals surface area contributed by atoms with Gasteiger partial charge in [0.05, 0.1) is 14.2 Å². The molecule has 1 rings (SSSR count). The fraction of sp³-hybridized carbons (Fsp3) is 0.462. The molecule has 0 fully saturated rings. The van der Waals surface area contributed by atoms with Crippen molar-refractivity contribution in [3.8, 4) is 5.88 Å². The van der Waals surface area contributed by atoms with Gasteiger partial charge in [0, 0.05) is 0 Å². The number of carbonyl (C=O) groups excluding carboxylic acids is 1. The lowest BCUT2D eigenvalue weighted by Gasteiger charge is -2.19. The number of aliphatic carboxylic acids is 1. The van der Waals surface area contributed by atoms with Gasteiger partial charge in [0.15, 0.2) is 0 Å². The lowest BCUT2D eigenvalue weighted by atomic mass is 10.0. The highest BCUT2D eigenvalue weighted by molar-refractivity contribution is 5.92. The molecule has 110 valence electrons. The number of carbonyl (C=O) groups is 2. The third kappa shape index (κ3) is 3.59. The number of aromatic nitrogens is 1. The summed E-state index contributed by atoms with van der Waals surface area (Å²) in [6.07, 6.45) is 0. The van der Waals surface area contributed by atoms with Crippen LogP contribution < -0.4 is 10.1 Å². The predicted octanol–water partition coefficient (Wildman–Crippen LogP) is 1.40. The van der Waals surface area contributed by atoms with Gasteiger partial charge in [0.1, 0.15) is 17.4 Å². The molecule has 0 bridgehead atoms. The van der Waals surface area contributed by atoms with E-state index in [9.17, 15) is 9.59 Å². The van der Waals surface area contributed by atoms with Crippen molar-refractivity contribution >= 4 is 17.8 Å². The molecule has 0 radical (unpaired) electrons. The van der Waals surface area contributed by atoms with Crippen molar-refractivity contribution in [2.24, 2.45) is 5.92 Å². The first-order valence-electron chi connectivity index (χ1n) is 6.03. The van der Waals surface area contributed by atoms with Crippen molar-refractivity contribution in [3.05, 3.63) is 17.7 Å². The molecule has 1 heterocycles. The highest BCUT2D eigenvalue weighted by atomic mass is 16.5. The second kappa shape index (κ2) is 6.74. The van der Waals surface area contributed by atoms with Crippen molar-refractivity contribution in [3.63, 3.8) is 0 Å². The maximum Gasteiger partial charge on any atom is 0.343 e. The van der Waals surface area contributed by atoms with E-state index >= 15 is 0 Å². The topological polar surface area (TPSA) is 97.8 Å². The number of carboxylic acids is 1. The van der Waals surface area contributed by atoms with Crippen LogP contribution >= 0.6 is 0 Å². The van der Waals surface area contributed by atoms with Crippen LogP contribution in [-0.2, 0) is 9.53 Å². The Morgan fingerprint density at radius 3 is 2.40 bits per heavy atom. The van der Waals surface area contributed by atoms with Crippen LogP contribution in [0.25, 0.3) is 0 Å². The Bertz CT molecular complexity index is 502. The predicted molar refractivity (Wildman–Crippen MR) is 72.0 cm³/mol. The minimum atomic E-state index is -0.974. The van der Waals surface area contributed by atoms with Crippen LogP contribution in [0.3, 0.4) is 0 Å². The molecule has 2 N–H and O–H groups in total. The average Bonchev–Trinajstić information content (AvgIpc) is 2.42.